The summed E-state index contributed by atoms with van der Waals surface area (Å²) in [4.78, 5) is 28.8. The number of ether oxygens (including phenoxy) is 1. The summed E-state index contributed by atoms with van der Waals surface area (Å²) in [6, 6.07) is 19.6. The molecule has 192 valence electrons. The Morgan fingerprint density at radius 2 is 1.89 bits per heavy atom. The number of hydroxylamine groups is 1. The van der Waals surface area contributed by atoms with Gasteiger partial charge in [-0.2, -0.15) is 0 Å². The van der Waals surface area contributed by atoms with E-state index in [2.05, 4.69) is 27.3 Å². The average Bonchev–Trinajstić information content (AvgIpc) is 3.60. The summed E-state index contributed by atoms with van der Waals surface area (Å²) in [5, 5.41) is 12.5. The van der Waals surface area contributed by atoms with Gasteiger partial charge in [0.1, 0.15) is 12.4 Å². The molecule has 2 aromatic carbocycles. The number of aromatic amines is 1. The maximum atomic E-state index is 12.1. The van der Waals surface area contributed by atoms with Crippen LogP contribution in [0.15, 0.2) is 83.6 Å². The first-order chi connectivity index (χ1) is 18.1. The van der Waals surface area contributed by atoms with E-state index in [4.69, 9.17) is 14.4 Å². The molecule has 4 N–H and O–H groups in total. The minimum atomic E-state index is -0.583. The lowest BCUT2D eigenvalue weighted by Crippen LogP contribution is -2.32. The summed E-state index contributed by atoms with van der Waals surface area (Å²) >= 11 is 0. The van der Waals surface area contributed by atoms with Gasteiger partial charge in [0.05, 0.1) is 12.8 Å². The minimum Gasteiger partial charge on any atom is -0.467 e. The summed E-state index contributed by atoms with van der Waals surface area (Å²) in [6.45, 7) is 2.53. The number of aromatic nitrogens is 1. The second-order valence-corrected chi connectivity index (χ2v) is 8.51. The fraction of sp³-hybridized carbons (Fsp3) is 0.214. The highest BCUT2D eigenvalue weighted by Gasteiger charge is 2.11. The van der Waals surface area contributed by atoms with E-state index in [0.717, 1.165) is 29.6 Å². The summed E-state index contributed by atoms with van der Waals surface area (Å²) < 4.78 is 10.6. The van der Waals surface area contributed by atoms with Gasteiger partial charge in [-0.3, -0.25) is 14.9 Å². The van der Waals surface area contributed by atoms with Gasteiger partial charge in [-0.25, -0.2) is 10.3 Å². The summed E-state index contributed by atoms with van der Waals surface area (Å²) in [7, 11) is 0. The van der Waals surface area contributed by atoms with E-state index in [1.54, 1.807) is 30.0 Å². The number of nitrogens with one attached hydrogen (secondary N) is 3. The largest absolute Gasteiger partial charge is 0.467 e. The van der Waals surface area contributed by atoms with E-state index in [1.165, 1.54) is 17.0 Å². The number of hydrogen-bond donors (Lipinski definition) is 4. The second-order valence-electron chi connectivity index (χ2n) is 8.51. The first-order valence-electron chi connectivity index (χ1n) is 12.0. The quantitative estimate of drug-likeness (QED) is 0.131. The SMILES string of the molecule is O=C(C=Cc1ccc(CN(CCOC(=O)NCc2ccco2)CCc2c[nH]c3ccccc23)cc1)NO. The minimum absolute atomic E-state index is 0.245. The maximum absolute atomic E-state index is 12.1. The van der Waals surface area contributed by atoms with Crippen LogP contribution >= 0.6 is 0 Å². The molecule has 0 aliphatic heterocycles. The Morgan fingerprint density at radius 3 is 2.68 bits per heavy atom. The number of H-pyrrole nitrogens is 1. The fourth-order valence-corrected chi connectivity index (χ4v) is 3.98. The number of carbonyl (C=O) groups is 2. The number of alkyl carbamates (subject to hydrolysis) is 1. The summed E-state index contributed by atoms with van der Waals surface area (Å²) in [6.07, 6.45) is 6.84. The smallest absolute Gasteiger partial charge is 0.407 e. The average molecular weight is 503 g/mol. The van der Waals surface area contributed by atoms with Crippen LogP contribution in [0.4, 0.5) is 4.79 Å². The van der Waals surface area contributed by atoms with Crippen LogP contribution in [0, 0.1) is 0 Å². The van der Waals surface area contributed by atoms with Crippen LogP contribution < -0.4 is 10.8 Å². The Hall–Kier alpha value is -4.34. The van der Waals surface area contributed by atoms with Crippen LogP contribution in [0.3, 0.4) is 0 Å². The molecule has 2 aromatic heterocycles. The molecule has 0 spiro atoms. The third kappa shape index (κ3) is 7.83. The zero-order valence-corrected chi connectivity index (χ0v) is 20.4. The molecule has 0 radical (unpaired) electrons. The summed E-state index contributed by atoms with van der Waals surface area (Å²) in [5.41, 5.74) is 5.85. The predicted octanol–water partition coefficient (Wildman–Crippen LogP) is 4.25. The van der Waals surface area contributed by atoms with Crippen molar-refractivity contribution < 1.29 is 24.0 Å². The van der Waals surface area contributed by atoms with E-state index in [9.17, 15) is 9.59 Å². The number of rotatable bonds is 12. The van der Waals surface area contributed by atoms with Crippen molar-refractivity contribution in [3.05, 3.63) is 102 Å². The molecule has 2 heterocycles. The number of para-hydroxylation sites is 1. The van der Waals surface area contributed by atoms with Crippen molar-refractivity contribution in [3.8, 4) is 0 Å². The van der Waals surface area contributed by atoms with Crippen LogP contribution in [-0.4, -0.2) is 46.8 Å². The topological polar surface area (TPSA) is 120 Å². The number of nitrogens with zero attached hydrogens (tertiary/aromatic N) is 1. The number of carbonyl (C=O) groups excluding carboxylic acids is 2. The van der Waals surface area contributed by atoms with Crippen LogP contribution in [0.2, 0.25) is 0 Å². The number of benzene rings is 2. The normalized spacial score (nSPS) is 11.3. The van der Waals surface area contributed by atoms with Crippen LogP contribution in [0.1, 0.15) is 22.5 Å². The molecule has 0 saturated heterocycles. The molecule has 37 heavy (non-hydrogen) atoms. The number of amides is 2. The molecule has 0 aliphatic rings. The Labute approximate surface area is 214 Å². The molecule has 0 unspecified atom stereocenters. The molecule has 0 atom stereocenters. The van der Waals surface area contributed by atoms with Gasteiger partial charge < -0.3 is 19.5 Å². The maximum Gasteiger partial charge on any atom is 0.407 e. The van der Waals surface area contributed by atoms with Crippen LogP contribution in [-0.2, 0) is 29.0 Å². The Kier molecular flexibility index (Phi) is 9.12. The third-order valence-electron chi connectivity index (χ3n) is 5.92. The molecule has 9 nitrogen and oxygen atoms in total. The van der Waals surface area contributed by atoms with Crippen molar-refractivity contribution in [2.75, 3.05) is 19.7 Å². The van der Waals surface area contributed by atoms with Gasteiger partial charge in [-0.05, 0) is 47.4 Å². The third-order valence-corrected chi connectivity index (χ3v) is 5.92. The summed E-state index contributed by atoms with van der Waals surface area (Å²) in [5.74, 6) is 0.0771. The molecular weight excluding hydrogens is 472 g/mol. The van der Waals surface area contributed by atoms with Gasteiger partial charge in [-0.15, -0.1) is 0 Å². The van der Waals surface area contributed by atoms with Gasteiger partial charge in [-0.1, -0.05) is 42.5 Å². The zero-order valence-electron chi connectivity index (χ0n) is 20.4. The van der Waals surface area contributed by atoms with E-state index in [-0.39, 0.29) is 13.2 Å². The van der Waals surface area contributed by atoms with Gasteiger partial charge >= 0.3 is 6.09 Å². The molecule has 0 saturated carbocycles. The molecular formula is C28H30N4O5. The van der Waals surface area contributed by atoms with Crippen molar-refractivity contribution >= 4 is 29.0 Å². The first-order valence-corrected chi connectivity index (χ1v) is 12.0. The van der Waals surface area contributed by atoms with E-state index < -0.39 is 12.0 Å². The number of hydrogen-bond acceptors (Lipinski definition) is 6. The van der Waals surface area contributed by atoms with Gasteiger partial charge in [0.25, 0.3) is 5.91 Å². The van der Waals surface area contributed by atoms with E-state index in [0.29, 0.717) is 18.8 Å². The van der Waals surface area contributed by atoms with Crippen LogP contribution in [0.5, 0.6) is 0 Å². The Morgan fingerprint density at radius 1 is 1.05 bits per heavy atom. The van der Waals surface area contributed by atoms with Gasteiger partial charge in [0.15, 0.2) is 0 Å². The standard InChI is InChI=1S/C28H30N4O5/c33-27(31-35)12-11-21-7-9-22(10-8-21)20-32(14-13-23-18-29-26-6-2-1-5-25(23)26)15-17-37-28(34)30-19-24-4-3-16-36-24/h1-12,16,18,29,35H,13-15,17,19-20H2,(H,30,34)(H,31,33). The first kappa shape index (κ1) is 25.7. The van der Waals surface area contributed by atoms with E-state index >= 15 is 0 Å². The lowest BCUT2D eigenvalue weighted by atomic mass is 10.1. The zero-order chi connectivity index (χ0) is 25.9. The molecule has 0 aliphatic carbocycles. The van der Waals surface area contributed by atoms with Gasteiger partial charge in [0, 0.05) is 42.8 Å². The Balaban J connectivity index is 1.35. The highest BCUT2D eigenvalue weighted by molar-refractivity contribution is 5.90. The molecule has 0 fully saturated rings. The second kappa shape index (κ2) is 13.1. The van der Waals surface area contributed by atoms with Crippen molar-refractivity contribution in [3.63, 3.8) is 0 Å². The molecule has 4 aromatic rings. The Bertz CT molecular complexity index is 1310. The fourth-order valence-electron chi connectivity index (χ4n) is 3.98. The molecule has 4 rings (SSSR count). The molecule has 0 bridgehead atoms. The monoisotopic (exact) mass is 502 g/mol. The number of furan rings is 1. The van der Waals surface area contributed by atoms with Crippen molar-refractivity contribution in [2.45, 2.75) is 19.5 Å². The predicted molar refractivity (Wildman–Crippen MR) is 140 cm³/mol. The van der Waals surface area contributed by atoms with Gasteiger partial charge in [0.2, 0.25) is 0 Å². The van der Waals surface area contributed by atoms with Crippen molar-refractivity contribution in [1.29, 1.82) is 0 Å². The molecule has 2 amide bonds. The highest BCUT2D eigenvalue weighted by atomic mass is 16.5. The molecule has 9 heteroatoms. The van der Waals surface area contributed by atoms with Crippen molar-refractivity contribution in [2.24, 2.45) is 0 Å². The lowest BCUT2D eigenvalue weighted by Gasteiger charge is -2.22. The lowest BCUT2D eigenvalue weighted by molar-refractivity contribution is -0.124. The van der Waals surface area contributed by atoms with Crippen LogP contribution in [0.25, 0.3) is 17.0 Å². The highest BCUT2D eigenvalue weighted by Crippen LogP contribution is 2.19. The van der Waals surface area contributed by atoms with Crippen molar-refractivity contribution in [1.82, 2.24) is 20.7 Å². The van der Waals surface area contributed by atoms with E-state index in [1.807, 2.05) is 42.6 Å². The number of fused-ring (bicyclic) bond motifs is 1.